The highest BCUT2D eigenvalue weighted by Gasteiger charge is 2.15. The van der Waals surface area contributed by atoms with Crippen molar-refractivity contribution in [2.75, 3.05) is 18.1 Å². The van der Waals surface area contributed by atoms with Gasteiger partial charge in [0.2, 0.25) is 0 Å². The zero-order chi connectivity index (χ0) is 10.2. The van der Waals surface area contributed by atoms with Crippen LogP contribution in [0.1, 0.15) is 12.0 Å². The van der Waals surface area contributed by atoms with E-state index >= 15 is 0 Å². The number of hydrogen-bond donors (Lipinski definition) is 1. The summed E-state index contributed by atoms with van der Waals surface area (Å²) >= 11 is 0. The number of rotatable bonds is 1. The molecule has 0 bridgehead atoms. The van der Waals surface area contributed by atoms with E-state index in [0.717, 1.165) is 31.2 Å². The second-order valence-electron chi connectivity index (χ2n) is 3.36. The van der Waals surface area contributed by atoms with Gasteiger partial charge in [-0.2, -0.15) is 0 Å². The second kappa shape index (κ2) is 3.20. The maximum atomic E-state index is 11.2. The average Bonchev–Trinajstić information content (AvgIpc) is 2.16. The van der Waals surface area contributed by atoms with Crippen molar-refractivity contribution in [3.63, 3.8) is 0 Å². The Balaban J connectivity index is 2.49. The Labute approximate surface area is 82.5 Å². The third-order valence-electron chi connectivity index (χ3n) is 2.15. The fourth-order valence-electron chi connectivity index (χ4n) is 1.42. The molecule has 0 spiro atoms. The van der Waals surface area contributed by atoms with Gasteiger partial charge < -0.3 is 5.32 Å². The van der Waals surface area contributed by atoms with Crippen molar-refractivity contribution >= 4 is 15.7 Å². The van der Waals surface area contributed by atoms with Gasteiger partial charge in [-0.25, -0.2) is 8.42 Å². The molecule has 0 fully saturated rings. The van der Waals surface area contributed by atoms with E-state index in [-0.39, 0.29) is 5.03 Å². The minimum atomic E-state index is -3.24. The molecule has 0 saturated carbocycles. The molecule has 1 N–H and O–H groups in total. The van der Waals surface area contributed by atoms with Crippen LogP contribution >= 0.6 is 0 Å². The Hall–Kier alpha value is -1.17. The Kier molecular flexibility index (Phi) is 2.14. The van der Waals surface area contributed by atoms with Crippen molar-refractivity contribution in [1.29, 1.82) is 0 Å². The molecular weight excluding hydrogens is 202 g/mol. The monoisotopic (exact) mass is 213 g/mol. The maximum Gasteiger partial charge on any atom is 0.194 e. The van der Waals surface area contributed by atoms with Crippen LogP contribution in [-0.4, -0.2) is 31.4 Å². The van der Waals surface area contributed by atoms with E-state index in [1.54, 1.807) is 6.07 Å². The summed E-state index contributed by atoms with van der Waals surface area (Å²) in [6, 6.07) is 1.60. The summed E-state index contributed by atoms with van der Waals surface area (Å²) < 4.78 is 22.4. The standard InChI is InChI=1S/C8H11N3O2S/c1-14(12,13)7-5-6-3-2-4-9-8(6)11-10-7/h5H,2-4H2,1H3,(H,9,11). The summed E-state index contributed by atoms with van der Waals surface area (Å²) in [5.41, 5.74) is 0.937. The van der Waals surface area contributed by atoms with Crippen LogP contribution in [0.15, 0.2) is 11.1 Å². The number of hydrogen-bond acceptors (Lipinski definition) is 5. The largest absolute Gasteiger partial charge is 0.368 e. The predicted octanol–water partition coefficient (Wildman–Crippen LogP) is 0.238. The fraction of sp³-hybridized carbons (Fsp3) is 0.500. The normalized spacial score (nSPS) is 15.8. The first-order valence-electron chi connectivity index (χ1n) is 4.38. The van der Waals surface area contributed by atoms with Gasteiger partial charge in [-0.15, -0.1) is 10.2 Å². The molecule has 0 atom stereocenters. The lowest BCUT2D eigenvalue weighted by molar-refractivity contribution is 0.595. The van der Waals surface area contributed by atoms with Crippen molar-refractivity contribution in [2.24, 2.45) is 0 Å². The Morgan fingerprint density at radius 1 is 1.43 bits per heavy atom. The van der Waals surface area contributed by atoms with Crippen LogP contribution in [0, 0.1) is 0 Å². The van der Waals surface area contributed by atoms with Crippen LogP contribution in [0.2, 0.25) is 0 Å². The first kappa shape index (κ1) is 9.39. The quantitative estimate of drug-likeness (QED) is 0.723. The summed E-state index contributed by atoms with van der Waals surface area (Å²) in [5, 5.41) is 10.6. The maximum absolute atomic E-state index is 11.2. The van der Waals surface area contributed by atoms with Gasteiger partial charge in [-0.05, 0) is 24.5 Å². The average molecular weight is 213 g/mol. The highest BCUT2D eigenvalue weighted by molar-refractivity contribution is 7.90. The number of aromatic nitrogens is 2. The molecule has 1 aliphatic heterocycles. The molecule has 2 heterocycles. The molecule has 0 aliphatic carbocycles. The van der Waals surface area contributed by atoms with Crippen molar-refractivity contribution in [3.05, 3.63) is 11.6 Å². The van der Waals surface area contributed by atoms with Gasteiger partial charge in [-0.1, -0.05) is 0 Å². The summed E-state index contributed by atoms with van der Waals surface area (Å²) in [7, 11) is -3.24. The fourth-order valence-corrected chi connectivity index (χ4v) is 1.96. The van der Waals surface area contributed by atoms with E-state index in [0.29, 0.717) is 5.82 Å². The van der Waals surface area contributed by atoms with Crippen LogP contribution < -0.4 is 5.32 Å². The van der Waals surface area contributed by atoms with Gasteiger partial charge in [-0.3, -0.25) is 0 Å². The first-order valence-corrected chi connectivity index (χ1v) is 6.27. The van der Waals surface area contributed by atoms with Crippen LogP contribution in [0.25, 0.3) is 0 Å². The van der Waals surface area contributed by atoms with E-state index in [9.17, 15) is 8.42 Å². The van der Waals surface area contributed by atoms with Crippen molar-refractivity contribution in [3.8, 4) is 0 Å². The van der Waals surface area contributed by atoms with Crippen LogP contribution in [0.5, 0.6) is 0 Å². The zero-order valence-electron chi connectivity index (χ0n) is 7.82. The van der Waals surface area contributed by atoms with Crippen molar-refractivity contribution < 1.29 is 8.42 Å². The van der Waals surface area contributed by atoms with Gasteiger partial charge in [0.15, 0.2) is 20.7 Å². The number of sulfone groups is 1. The van der Waals surface area contributed by atoms with E-state index in [1.807, 2.05) is 0 Å². The number of aryl methyl sites for hydroxylation is 1. The number of nitrogens with zero attached hydrogens (tertiary/aromatic N) is 2. The lowest BCUT2D eigenvalue weighted by Crippen LogP contribution is -2.15. The van der Waals surface area contributed by atoms with Gasteiger partial charge in [0.25, 0.3) is 0 Å². The van der Waals surface area contributed by atoms with Crippen LogP contribution in [-0.2, 0) is 16.3 Å². The zero-order valence-corrected chi connectivity index (χ0v) is 8.63. The number of fused-ring (bicyclic) bond motifs is 1. The van der Waals surface area contributed by atoms with Gasteiger partial charge in [0.05, 0.1) is 0 Å². The first-order chi connectivity index (χ1) is 6.57. The Morgan fingerprint density at radius 2 is 2.21 bits per heavy atom. The molecule has 2 rings (SSSR count). The summed E-state index contributed by atoms with van der Waals surface area (Å²) in [6.07, 6.45) is 3.00. The SMILES string of the molecule is CS(=O)(=O)c1cc2c(nn1)NCCC2. The molecule has 1 aliphatic rings. The molecule has 6 heteroatoms. The van der Waals surface area contributed by atoms with Gasteiger partial charge in [0, 0.05) is 12.8 Å². The highest BCUT2D eigenvalue weighted by atomic mass is 32.2. The molecule has 0 aromatic carbocycles. The van der Waals surface area contributed by atoms with Gasteiger partial charge in [0.1, 0.15) is 0 Å². The number of nitrogens with one attached hydrogen (secondary N) is 1. The van der Waals surface area contributed by atoms with Crippen LogP contribution in [0.3, 0.4) is 0 Å². The van der Waals surface area contributed by atoms with E-state index < -0.39 is 9.84 Å². The molecule has 14 heavy (non-hydrogen) atoms. The summed E-state index contributed by atoms with van der Waals surface area (Å²) in [4.78, 5) is 0. The predicted molar refractivity (Wildman–Crippen MR) is 52.0 cm³/mol. The highest BCUT2D eigenvalue weighted by Crippen LogP contribution is 2.20. The Bertz CT molecular complexity index is 456. The smallest absolute Gasteiger partial charge is 0.194 e. The second-order valence-corrected chi connectivity index (χ2v) is 5.32. The molecule has 0 unspecified atom stereocenters. The molecule has 1 aromatic heterocycles. The minimum Gasteiger partial charge on any atom is -0.368 e. The molecule has 5 nitrogen and oxygen atoms in total. The third-order valence-corrected chi connectivity index (χ3v) is 3.10. The topological polar surface area (TPSA) is 72.0 Å². The van der Waals surface area contributed by atoms with Gasteiger partial charge >= 0.3 is 0 Å². The van der Waals surface area contributed by atoms with E-state index in [4.69, 9.17) is 0 Å². The van der Waals surface area contributed by atoms with Crippen molar-refractivity contribution in [2.45, 2.75) is 17.9 Å². The Morgan fingerprint density at radius 3 is 2.93 bits per heavy atom. The minimum absolute atomic E-state index is 0.0555. The molecule has 0 amide bonds. The molecule has 0 radical (unpaired) electrons. The molecule has 0 saturated heterocycles. The number of anilines is 1. The van der Waals surface area contributed by atoms with Crippen LogP contribution in [0.4, 0.5) is 5.82 Å². The molecule has 76 valence electrons. The summed E-state index contributed by atoms with van der Waals surface area (Å²) in [5.74, 6) is 0.712. The molecule has 1 aromatic rings. The third kappa shape index (κ3) is 1.70. The lowest BCUT2D eigenvalue weighted by atomic mass is 10.1. The van der Waals surface area contributed by atoms with E-state index in [2.05, 4.69) is 15.5 Å². The lowest BCUT2D eigenvalue weighted by Gasteiger charge is -2.15. The van der Waals surface area contributed by atoms with Crippen molar-refractivity contribution in [1.82, 2.24) is 10.2 Å². The summed E-state index contributed by atoms with van der Waals surface area (Å²) in [6.45, 7) is 0.875. The molecular formula is C8H11N3O2S. The van der Waals surface area contributed by atoms with E-state index in [1.165, 1.54) is 0 Å².